The fraction of sp³-hybridized carbons (Fsp3) is 0.588. The van der Waals surface area contributed by atoms with Gasteiger partial charge in [-0.25, -0.2) is 4.79 Å². The molecule has 0 aromatic heterocycles. The van der Waals surface area contributed by atoms with E-state index < -0.39 is 23.4 Å². The van der Waals surface area contributed by atoms with Crippen LogP contribution in [0.1, 0.15) is 39.2 Å². The van der Waals surface area contributed by atoms with E-state index in [1.165, 1.54) is 6.07 Å². The van der Waals surface area contributed by atoms with Crippen molar-refractivity contribution in [3.05, 3.63) is 17.7 Å². The number of nitrogens with zero attached hydrogens (tertiary/aromatic N) is 1. The monoisotopic (exact) mass is 359 g/mol. The minimum absolute atomic E-state index is 0.0142. The van der Waals surface area contributed by atoms with Gasteiger partial charge < -0.3 is 15.4 Å². The predicted octanol–water partition coefficient (Wildman–Crippen LogP) is 4.48. The molecule has 5 nitrogen and oxygen atoms in total. The van der Waals surface area contributed by atoms with Crippen molar-refractivity contribution in [1.82, 2.24) is 0 Å². The summed E-state index contributed by atoms with van der Waals surface area (Å²) in [4.78, 5) is 13.5. The highest BCUT2D eigenvalue weighted by Crippen LogP contribution is 2.41. The molecule has 25 heavy (non-hydrogen) atoms. The van der Waals surface area contributed by atoms with Crippen molar-refractivity contribution in [3.8, 4) is 0 Å². The van der Waals surface area contributed by atoms with Crippen molar-refractivity contribution in [2.45, 2.75) is 45.4 Å². The van der Waals surface area contributed by atoms with Crippen LogP contribution in [0.2, 0.25) is 0 Å². The van der Waals surface area contributed by atoms with Gasteiger partial charge >= 0.3 is 12.3 Å². The summed E-state index contributed by atoms with van der Waals surface area (Å²) >= 11 is 0. The molecular weight excluding hydrogens is 335 g/mol. The van der Waals surface area contributed by atoms with Crippen molar-refractivity contribution < 1.29 is 22.7 Å². The zero-order valence-electron chi connectivity index (χ0n) is 14.8. The van der Waals surface area contributed by atoms with Gasteiger partial charge in [0.15, 0.2) is 0 Å². The summed E-state index contributed by atoms with van der Waals surface area (Å²) in [7, 11) is 1.61. The quantitative estimate of drug-likeness (QED) is 0.778. The Bertz CT molecular complexity index is 650. The first-order valence-corrected chi connectivity index (χ1v) is 8.08. The van der Waals surface area contributed by atoms with E-state index in [2.05, 4.69) is 5.32 Å². The van der Waals surface area contributed by atoms with Crippen LogP contribution in [0.5, 0.6) is 0 Å². The van der Waals surface area contributed by atoms with E-state index in [0.717, 1.165) is 18.9 Å². The number of ether oxygens (including phenoxy) is 1. The molecule has 0 radical (unpaired) electrons. The molecule has 1 fully saturated rings. The normalized spacial score (nSPS) is 15.0. The number of hydrogen-bond acceptors (Lipinski definition) is 4. The third kappa shape index (κ3) is 5.44. The molecule has 1 aromatic rings. The molecule has 0 saturated heterocycles. The first-order valence-electron chi connectivity index (χ1n) is 8.08. The number of carbonyl (C=O) groups excluding carboxylic acids is 1. The number of hydrogen-bond donors (Lipinski definition) is 2. The number of rotatable bonds is 4. The Balaban J connectivity index is 2.32. The van der Waals surface area contributed by atoms with E-state index in [1.54, 1.807) is 32.7 Å². The van der Waals surface area contributed by atoms with Crippen molar-refractivity contribution in [2.24, 2.45) is 5.92 Å². The molecule has 0 unspecified atom stereocenters. The zero-order valence-corrected chi connectivity index (χ0v) is 14.8. The van der Waals surface area contributed by atoms with Crippen LogP contribution in [0.3, 0.4) is 0 Å². The largest absolute Gasteiger partial charge is 0.444 e. The van der Waals surface area contributed by atoms with Crippen LogP contribution < -0.4 is 16.0 Å². The molecule has 1 aliphatic rings. The number of nitrogen functional groups attached to an aromatic ring is 1. The summed E-state index contributed by atoms with van der Waals surface area (Å²) < 4.78 is 45.2. The minimum atomic E-state index is -4.54. The Hall–Kier alpha value is -2.12. The van der Waals surface area contributed by atoms with Crippen molar-refractivity contribution in [3.63, 3.8) is 0 Å². The second-order valence-corrected chi connectivity index (χ2v) is 7.41. The standard InChI is InChI=1S/C17H24F3N3O2/c1-16(2,3)25-15(24)22-13-8-14(23(4)9-10-5-6-10)11(7-12(13)21)17(18,19)20/h7-8,10H,5-6,9,21H2,1-4H3,(H,22,24). The third-order valence-electron chi connectivity index (χ3n) is 3.75. The molecule has 2 rings (SSSR count). The van der Waals surface area contributed by atoms with Gasteiger partial charge in [-0.1, -0.05) is 0 Å². The summed E-state index contributed by atoms with van der Waals surface area (Å²) in [6, 6.07) is 2.11. The molecule has 140 valence electrons. The molecule has 8 heteroatoms. The molecular formula is C17H24F3N3O2. The Morgan fingerprint density at radius 3 is 2.40 bits per heavy atom. The maximum Gasteiger partial charge on any atom is 0.418 e. The summed E-state index contributed by atoms with van der Waals surface area (Å²) in [5.41, 5.74) is 4.10. The van der Waals surface area contributed by atoms with E-state index in [0.29, 0.717) is 12.5 Å². The summed E-state index contributed by atoms with van der Waals surface area (Å²) in [5, 5.41) is 2.43. The van der Waals surface area contributed by atoms with Crippen LogP contribution in [-0.2, 0) is 10.9 Å². The summed E-state index contributed by atoms with van der Waals surface area (Å²) in [6.45, 7) is 5.60. The Labute approximate surface area is 145 Å². The predicted molar refractivity (Wildman–Crippen MR) is 91.7 cm³/mol. The number of alkyl halides is 3. The number of nitrogens with two attached hydrogens (primary N) is 1. The highest BCUT2D eigenvalue weighted by Gasteiger charge is 2.36. The topological polar surface area (TPSA) is 67.6 Å². The van der Waals surface area contributed by atoms with Gasteiger partial charge in [0, 0.05) is 13.6 Å². The molecule has 1 aromatic carbocycles. The van der Waals surface area contributed by atoms with Gasteiger partial charge in [0.2, 0.25) is 0 Å². The van der Waals surface area contributed by atoms with Gasteiger partial charge in [-0.3, -0.25) is 5.32 Å². The van der Waals surface area contributed by atoms with E-state index >= 15 is 0 Å². The molecule has 1 saturated carbocycles. The van der Waals surface area contributed by atoms with Gasteiger partial charge in [-0.2, -0.15) is 13.2 Å². The second-order valence-electron chi connectivity index (χ2n) is 7.41. The van der Waals surface area contributed by atoms with E-state index in [1.807, 2.05) is 0 Å². The fourth-order valence-corrected chi connectivity index (χ4v) is 2.46. The van der Waals surface area contributed by atoms with Gasteiger partial charge in [0.25, 0.3) is 0 Å². The number of anilines is 3. The first kappa shape index (κ1) is 19.2. The maximum absolute atomic E-state index is 13.4. The molecule has 0 heterocycles. The molecule has 1 amide bonds. The number of benzene rings is 1. The highest BCUT2D eigenvalue weighted by molar-refractivity contribution is 5.91. The lowest BCUT2D eigenvalue weighted by Crippen LogP contribution is -2.28. The van der Waals surface area contributed by atoms with Crippen LogP contribution in [0.15, 0.2) is 12.1 Å². The zero-order chi connectivity index (χ0) is 19.0. The molecule has 0 bridgehead atoms. The average molecular weight is 359 g/mol. The maximum atomic E-state index is 13.4. The molecule has 1 aliphatic carbocycles. The van der Waals surface area contributed by atoms with Crippen molar-refractivity contribution in [1.29, 1.82) is 0 Å². The number of carbonyl (C=O) groups is 1. The Kier molecular flexibility index (Phi) is 5.11. The SMILES string of the molecule is CN(CC1CC1)c1cc(NC(=O)OC(C)(C)C)c(N)cc1C(F)(F)F. The number of amides is 1. The first-order chi connectivity index (χ1) is 11.4. The van der Waals surface area contributed by atoms with E-state index in [4.69, 9.17) is 10.5 Å². The van der Waals surface area contributed by atoms with Crippen molar-refractivity contribution in [2.75, 3.05) is 29.5 Å². The average Bonchev–Trinajstić information content (AvgIpc) is 3.21. The van der Waals surface area contributed by atoms with Gasteiger partial charge in [0.1, 0.15) is 5.60 Å². The molecule has 0 aliphatic heterocycles. The molecule has 3 N–H and O–H groups in total. The van der Waals surface area contributed by atoms with Crippen molar-refractivity contribution >= 4 is 23.2 Å². The molecule has 0 spiro atoms. The second kappa shape index (κ2) is 6.65. The minimum Gasteiger partial charge on any atom is -0.444 e. The van der Waals surface area contributed by atoms with Crippen LogP contribution in [-0.4, -0.2) is 25.3 Å². The summed E-state index contributed by atoms with van der Waals surface area (Å²) in [5.74, 6) is 0.408. The van der Waals surface area contributed by atoms with E-state index in [9.17, 15) is 18.0 Å². The van der Waals surface area contributed by atoms with Crippen LogP contribution in [0, 0.1) is 5.92 Å². The van der Waals surface area contributed by atoms with Gasteiger partial charge in [-0.15, -0.1) is 0 Å². The van der Waals surface area contributed by atoms with Gasteiger partial charge in [0.05, 0.1) is 22.6 Å². The fourth-order valence-electron chi connectivity index (χ4n) is 2.46. The van der Waals surface area contributed by atoms with Crippen LogP contribution in [0.25, 0.3) is 0 Å². The summed E-state index contributed by atoms with van der Waals surface area (Å²) in [6.07, 6.45) is -3.27. The lowest BCUT2D eigenvalue weighted by molar-refractivity contribution is -0.137. The smallest absolute Gasteiger partial charge is 0.418 e. The number of nitrogens with one attached hydrogen (secondary N) is 1. The van der Waals surface area contributed by atoms with E-state index in [-0.39, 0.29) is 17.1 Å². The number of halogens is 3. The third-order valence-corrected chi connectivity index (χ3v) is 3.75. The lowest BCUT2D eigenvalue weighted by Gasteiger charge is -2.26. The molecule has 0 atom stereocenters. The van der Waals surface area contributed by atoms with Gasteiger partial charge in [-0.05, 0) is 51.7 Å². The van der Waals surface area contributed by atoms with Crippen LogP contribution in [0.4, 0.5) is 35.0 Å². The lowest BCUT2D eigenvalue weighted by atomic mass is 10.1. The Morgan fingerprint density at radius 1 is 1.32 bits per heavy atom. The highest BCUT2D eigenvalue weighted by atomic mass is 19.4. The Morgan fingerprint density at radius 2 is 1.92 bits per heavy atom. The van der Waals surface area contributed by atoms with Crippen LogP contribution >= 0.6 is 0 Å².